The topological polar surface area (TPSA) is 131 Å². The van der Waals surface area contributed by atoms with Crippen molar-refractivity contribution in [2.45, 2.75) is 171 Å². The maximum absolute atomic E-state index is 7.54. The average molecular weight is 1190 g/mol. The van der Waals surface area contributed by atoms with Crippen molar-refractivity contribution in [2.75, 3.05) is 79.3 Å². The Morgan fingerprint density at radius 2 is 0.586 bits per heavy atom. The van der Waals surface area contributed by atoms with E-state index >= 15 is 0 Å². The molecular weight excluding hydrogens is 1090 g/mol. The van der Waals surface area contributed by atoms with E-state index in [0.717, 1.165) is 91.1 Å². The third kappa shape index (κ3) is 14.3. The highest BCUT2D eigenvalue weighted by Gasteiger charge is 2.43. The minimum Gasteiger partial charge on any atom is -0.491 e. The molecule has 6 aromatic carbocycles. The Labute approximate surface area is 516 Å². The average Bonchev–Trinajstić information content (AvgIpc) is 2.16. The normalized spacial score (nSPS) is 21.2. The molecule has 0 aromatic heterocycles. The first-order chi connectivity index (χ1) is 42.0. The summed E-state index contributed by atoms with van der Waals surface area (Å²) in [5.74, 6) is 5.28. The van der Waals surface area contributed by atoms with E-state index in [9.17, 15) is 0 Å². The van der Waals surface area contributed by atoms with Crippen LogP contribution in [0.3, 0.4) is 0 Å². The van der Waals surface area contributed by atoms with Crippen LogP contribution in [0.25, 0.3) is 0 Å². The van der Waals surface area contributed by atoms with E-state index in [1.54, 1.807) is 0 Å². The van der Waals surface area contributed by atoms with Gasteiger partial charge >= 0.3 is 0 Å². The first-order valence-electron chi connectivity index (χ1n) is 32.3. The summed E-state index contributed by atoms with van der Waals surface area (Å²) in [6.45, 7) is 31.0. The highest BCUT2D eigenvalue weighted by atomic mass is 16.6. The first kappa shape index (κ1) is 61.1. The number of hydrogen-bond donors (Lipinski definition) is 0. The molecule has 12 heteroatoms. The van der Waals surface area contributed by atoms with Gasteiger partial charge in [0, 0.05) is 38.2 Å². The van der Waals surface area contributed by atoms with Crippen molar-refractivity contribution < 1.29 is 56.8 Å². The Kier molecular flexibility index (Phi) is 17.8. The van der Waals surface area contributed by atoms with Gasteiger partial charge in [-0.1, -0.05) is 142 Å². The lowest BCUT2D eigenvalue weighted by atomic mass is 9.64. The smallest absolute Gasteiger partial charge is 0.126 e. The Balaban J connectivity index is 0.986. The summed E-state index contributed by atoms with van der Waals surface area (Å²) in [6.07, 6.45) is 5.57. The Hall–Kier alpha value is -6.12. The van der Waals surface area contributed by atoms with Gasteiger partial charge in [-0.15, -0.1) is 0 Å². The molecule has 464 valence electrons. The second-order valence-corrected chi connectivity index (χ2v) is 26.9. The molecule has 6 aliphatic rings. The molecule has 12 rings (SSSR count). The third-order valence-electron chi connectivity index (χ3n) is 20.0. The molecule has 12 nitrogen and oxygen atoms in total. The zero-order valence-corrected chi connectivity index (χ0v) is 53.1. The molecule has 0 N–H and O–H groups in total. The van der Waals surface area contributed by atoms with Crippen LogP contribution in [-0.4, -0.2) is 116 Å². The van der Waals surface area contributed by atoms with Gasteiger partial charge < -0.3 is 56.8 Å². The van der Waals surface area contributed by atoms with Crippen molar-refractivity contribution in [3.63, 3.8) is 0 Å². The predicted octanol–water partition coefficient (Wildman–Crippen LogP) is 13.9. The molecule has 87 heavy (non-hydrogen) atoms. The van der Waals surface area contributed by atoms with Crippen molar-refractivity contribution in [2.24, 2.45) is 0 Å². The highest BCUT2D eigenvalue weighted by Crippen LogP contribution is 2.53. The number of rotatable bonds is 34. The Morgan fingerprint density at radius 3 is 0.874 bits per heavy atom. The highest BCUT2D eigenvalue weighted by molar-refractivity contribution is 5.58. The molecule has 6 fully saturated rings. The predicted molar refractivity (Wildman–Crippen MR) is 338 cm³/mol. The van der Waals surface area contributed by atoms with Gasteiger partial charge in [-0.2, -0.15) is 0 Å². The van der Waals surface area contributed by atoms with Crippen LogP contribution in [0.5, 0.6) is 34.5 Å². The molecule has 0 bridgehead atoms. The van der Waals surface area contributed by atoms with Gasteiger partial charge in [0.05, 0.1) is 39.6 Å². The fraction of sp³-hybridized carbons (Fsp3) is 0.520. The van der Waals surface area contributed by atoms with E-state index in [2.05, 4.69) is 191 Å². The van der Waals surface area contributed by atoms with Crippen LogP contribution < -0.4 is 28.4 Å². The molecule has 0 spiro atoms. The lowest BCUT2D eigenvalue weighted by Gasteiger charge is -2.42. The number of epoxide rings is 6. The van der Waals surface area contributed by atoms with E-state index in [4.69, 9.17) is 56.8 Å². The minimum absolute atomic E-state index is 0.0251. The maximum atomic E-state index is 7.54. The van der Waals surface area contributed by atoms with Gasteiger partial charge in [-0.25, -0.2) is 0 Å². The van der Waals surface area contributed by atoms with Gasteiger partial charge in [0.1, 0.15) is 111 Å². The Morgan fingerprint density at radius 1 is 0.322 bits per heavy atom. The van der Waals surface area contributed by atoms with Gasteiger partial charge in [-0.05, 0) is 132 Å². The van der Waals surface area contributed by atoms with Gasteiger partial charge in [0.15, 0.2) is 0 Å². The summed E-state index contributed by atoms with van der Waals surface area (Å²) in [5.41, 5.74) is 10.0. The standard InChI is InChI=1S/C75H92O12/c1-11-74(12-2,35-49-31-54(21-29-68(49)85-46-63-43-82-63)71(5,6)51-15-23-57(24-16-51)76-37-60-40-79-60)66-33-56(73(9,10)53-19-27-59(28-20-53)78-39-62-42-81-62)34-67(70(66)87-48-65-45-84-65)75(13-3,14-4)36-50-32-55(22-30-69(50)86-47-64-44-83-64)72(7,8)52-17-25-58(26-18-52)77-38-61-41-80-61/h15-34,60-65H,11-14,35-48H2,1-10H3. The number of hydrogen-bond acceptors (Lipinski definition) is 12. The Bertz CT molecular complexity index is 3110. The molecule has 6 aliphatic heterocycles. The van der Waals surface area contributed by atoms with E-state index in [0.29, 0.717) is 72.3 Å². The summed E-state index contributed by atoms with van der Waals surface area (Å²) >= 11 is 0. The third-order valence-corrected chi connectivity index (χ3v) is 20.0. The maximum Gasteiger partial charge on any atom is 0.126 e. The van der Waals surface area contributed by atoms with Crippen molar-refractivity contribution in [1.29, 1.82) is 0 Å². The fourth-order valence-corrected chi connectivity index (χ4v) is 12.6. The van der Waals surface area contributed by atoms with E-state index in [1.807, 2.05) is 0 Å². The molecule has 6 heterocycles. The summed E-state index contributed by atoms with van der Waals surface area (Å²) in [6, 6.07) is 44.6. The van der Waals surface area contributed by atoms with Crippen LogP contribution in [0.15, 0.2) is 121 Å². The summed E-state index contributed by atoms with van der Waals surface area (Å²) in [4.78, 5) is 0. The quantitative estimate of drug-likeness (QED) is 0.0357. The molecular formula is C75H92O12. The molecule has 6 unspecified atom stereocenters. The van der Waals surface area contributed by atoms with Crippen molar-refractivity contribution in [1.82, 2.24) is 0 Å². The minimum atomic E-state index is -0.455. The second kappa shape index (κ2) is 25.4. The second-order valence-electron chi connectivity index (χ2n) is 26.9. The van der Waals surface area contributed by atoms with E-state index < -0.39 is 16.2 Å². The summed E-state index contributed by atoms with van der Waals surface area (Å²) in [5, 5.41) is 0. The molecule has 0 saturated carbocycles. The molecule has 0 aliphatic carbocycles. The molecule has 0 radical (unpaired) electrons. The molecule has 0 amide bonds. The van der Waals surface area contributed by atoms with Crippen LogP contribution in [0, 0.1) is 0 Å². The van der Waals surface area contributed by atoms with Crippen molar-refractivity contribution >= 4 is 0 Å². The lowest BCUT2D eigenvalue weighted by molar-refractivity contribution is 0.240. The zero-order chi connectivity index (χ0) is 60.6. The van der Waals surface area contributed by atoms with E-state index in [1.165, 1.54) is 44.5 Å². The van der Waals surface area contributed by atoms with Gasteiger partial charge in [0.2, 0.25) is 0 Å². The molecule has 6 atom stereocenters. The first-order valence-corrected chi connectivity index (χ1v) is 32.3. The van der Waals surface area contributed by atoms with Crippen molar-refractivity contribution in [3.8, 4) is 34.5 Å². The zero-order valence-electron chi connectivity index (χ0n) is 53.1. The van der Waals surface area contributed by atoms with Crippen LogP contribution in [0.2, 0.25) is 0 Å². The molecule has 6 saturated heterocycles. The number of ether oxygens (including phenoxy) is 12. The van der Waals surface area contributed by atoms with Gasteiger partial charge in [0.25, 0.3) is 0 Å². The summed E-state index contributed by atoms with van der Waals surface area (Å²) in [7, 11) is 0. The van der Waals surface area contributed by atoms with Crippen LogP contribution in [0.1, 0.15) is 151 Å². The van der Waals surface area contributed by atoms with Crippen molar-refractivity contribution in [3.05, 3.63) is 177 Å². The SMILES string of the molecule is CCC(CC)(Cc1cc(C(C)(C)c2ccc(OCC3CO3)cc2)ccc1OCC1CO1)c1cc(C(C)(C)c2ccc(OCC3CO3)cc2)cc(C(CC)(CC)Cc2cc(C(C)(C)c3ccc(OCC4CO4)cc3)ccc2OCC2CO2)c1OCC1CO1. The summed E-state index contributed by atoms with van der Waals surface area (Å²) < 4.78 is 73.4. The fourth-order valence-electron chi connectivity index (χ4n) is 12.6. The van der Waals surface area contributed by atoms with E-state index in [-0.39, 0.29) is 47.5 Å². The largest absolute Gasteiger partial charge is 0.491 e. The van der Waals surface area contributed by atoms with Crippen LogP contribution in [0.4, 0.5) is 0 Å². The molecule has 6 aromatic rings. The van der Waals surface area contributed by atoms with Crippen LogP contribution >= 0.6 is 0 Å². The van der Waals surface area contributed by atoms with Crippen LogP contribution in [-0.2, 0) is 68.3 Å². The monoisotopic (exact) mass is 1180 g/mol. The number of benzene rings is 6. The lowest BCUT2D eigenvalue weighted by Crippen LogP contribution is -2.34. The van der Waals surface area contributed by atoms with Gasteiger partial charge in [-0.3, -0.25) is 0 Å².